The standard InChI is InChI=1S/C19H23FN4O2/c20-14-7-9-15(10-8-14)26-13-18(25)23-12-4-5-16(23)19-22-21-17-6-2-1-3-11-24(17)19/h7-10,16H,1-6,11-13H2. The zero-order valence-electron chi connectivity index (χ0n) is 14.7. The van der Waals surface area contributed by atoms with Crippen LogP contribution in [0.15, 0.2) is 24.3 Å². The molecule has 1 unspecified atom stereocenters. The van der Waals surface area contributed by atoms with E-state index in [2.05, 4.69) is 14.8 Å². The van der Waals surface area contributed by atoms with Crippen LogP contribution in [0.25, 0.3) is 0 Å². The molecule has 0 radical (unpaired) electrons. The first kappa shape index (κ1) is 17.0. The van der Waals surface area contributed by atoms with Crippen molar-refractivity contribution >= 4 is 5.91 Å². The smallest absolute Gasteiger partial charge is 0.261 e. The van der Waals surface area contributed by atoms with Gasteiger partial charge in [-0.2, -0.15) is 0 Å². The topological polar surface area (TPSA) is 60.2 Å². The third-order valence-electron chi connectivity index (χ3n) is 5.19. The van der Waals surface area contributed by atoms with Crippen LogP contribution in [-0.2, 0) is 17.8 Å². The number of carbonyl (C=O) groups excluding carboxylic acids is 1. The van der Waals surface area contributed by atoms with Gasteiger partial charge >= 0.3 is 0 Å². The molecule has 138 valence electrons. The molecule has 2 aliphatic rings. The molecule has 1 saturated heterocycles. The molecule has 0 bridgehead atoms. The normalized spacial score (nSPS) is 19.9. The van der Waals surface area contributed by atoms with Crippen molar-refractivity contribution in [2.45, 2.75) is 51.1 Å². The van der Waals surface area contributed by atoms with Crippen LogP contribution in [0.1, 0.15) is 49.8 Å². The Labute approximate surface area is 152 Å². The summed E-state index contributed by atoms with van der Waals surface area (Å²) in [6.07, 6.45) is 6.31. The number of carbonyl (C=O) groups is 1. The van der Waals surface area contributed by atoms with Crippen molar-refractivity contribution in [2.75, 3.05) is 13.2 Å². The molecule has 6 nitrogen and oxygen atoms in total. The van der Waals surface area contributed by atoms with Gasteiger partial charge in [0.15, 0.2) is 12.4 Å². The second kappa shape index (κ2) is 7.43. The Bertz CT molecular complexity index is 774. The van der Waals surface area contributed by atoms with Crippen molar-refractivity contribution in [3.8, 4) is 5.75 Å². The molecule has 7 heteroatoms. The van der Waals surface area contributed by atoms with Crippen molar-refractivity contribution in [2.24, 2.45) is 0 Å². The van der Waals surface area contributed by atoms with Crippen molar-refractivity contribution in [1.82, 2.24) is 19.7 Å². The first-order chi connectivity index (χ1) is 12.7. The van der Waals surface area contributed by atoms with Crippen molar-refractivity contribution < 1.29 is 13.9 Å². The van der Waals surface area contributed by atoms with Gasteiger partial charge in [-0.05, 0) is 49.9 Å². The van der Waals surface area contributed by atoms with Gasteiger partial charge in [-0.3, -0.25) is 4.79 Å². The van der Waals surface area contributed by atoms with E-state index in [-0.39, 0.29) is 24.4 Å². The van der Waals surface area contributed by atoms with Gasteiger partial charge in [0.25, 0.3) is 5.91 Å². The lowest BCUT2D eigenvalue weighted by Gasteiger charge is -2.24. The van der Waals surface area contributed by atoms with Gasteiger partial charge in [0.2, 0.25) is 0 Å². The van der Waals surface area contributed by atoms with E-state index in [0.29, 0.717) is 12.3 Å². The summed E-state index contributed by atoms with van der Waals surface area (Å²) in [7, 11) is 0. The molecule has 1 aromatic carbocycles. The summed E-state index contributed by atoms with van der Waals surface area (Å²) in [5.41, 5.74) is 0. The number of nitrogens with zero attached hydrogens (tertiary/aromatic N) is 4. The van der Waals surface area contributed by atoms with E-state index in [1.165, 1.54) is 30.7 Å². The fourth-order valence-electron chi connectivity index (χ4n) is 3.85. The number of aryl methyl sites for hydroxylation is 1. The quantitative estimate of drug-likeness (QED) is 0.843. The molecule has 0 N–H and O–H groups in total. The van der Waals surface area contributed by atoms with Crippen LogP contribution in [0, 0.1) is 5.82 Å². The number of aromatic nitrogens is 3. The van der Waals surface area contributed by atoms with Gasteiger partial charge in [0.05, 0.1) is 6.04 Å². The maximum absolute atomic E-state index is 13.0. The number of amides is 1. The lowest BCUT2D eigenvalue weighted by atomic mass is 10.2. The molecule has 0 saturated carbocycles. The van der Waals surface area contributed by atoms with Crippen LogP contribution >= 0.6 is 0 Å². The number of hydrogen-bond donors (Lipinski definition) is 0. The van der Waals surface area contributed by atoms with Crippen molar-refractivity contribution in [3.05, 3.63) is 41.7 Å². The predicted octanol–water partition coefficient (Wildman–Crippen LogP) is 2.89. The highest BCUT2D eigenvalue weighted by Gasteiger charge is 2.34. The van der Waals surface area contributed by atoms with Crippen LogP contribution in [-0.4, -0.2) is 38.7 Å². The Morgan fingerprint density at radius 1 is 1.12 bits per heavy atom. The molecule has 3 heterocycles. The van der Waals surface area contributed by atoms with E-state index in [4.69, 9.17) is 4.74 Å². The third kappa shape index (κ3) is 3.43. The Hall–Kier alpha value is -2.44. The third-order valence-corrected chi connectivity index (χ3v) is 5.19. The van der Waals surface area contributed by atoms with Crippen molar-refractivity contribution in [3.63, 3.8) is 0 Å². The molecule has 1 amide bonds. The molecule has 1 atom stereocenters. The van der Waals surface area contributed by atoms with Crippen LogP contribution in [0.3, 0.4) is 0 Å². The highest BCUT2D eigenvalue weighted by molar-refractivity contribution is 5.78. The summed E-state index contributed by atoms with van der Waals surface area (Å²) in [6, 6.07) is 5.68. The minimum Gasteiger partial charge on any atom is -0.484 e. The average Bonchev–Trinajstić information content (AvgIpc) is 3.22. The van der Waals surface area contributed by atoms with Crippen LogP contribution < -0.4 is 4.74 Å². The van der Waals surface area contributed by atoms with Gasteiger partial charge in [-0.1, -0.05) is 6.42 Å². The summed E-state index contributed by atoms with van der Waals surface area (Å²) in [4.78, 5) is 14.5. The largest absolute Gasteiger partial charge is 0.484 e. The molecule has 26 heavy (non-hydrogen) atoms. The average molecular weight is 358 g/mol. The second-order valence-corrected chi connectivity index (χ2v) is 6.92. The maximum atomic E-state index is 13.0. The second-order valence-electron chi connectivity index (χ2n) is 6.92. The Morgan fingerprint density at radius 2 is 1.96 bits per heavy atom. The molecular weight excluding hydrogens is 335 g/mol. The number of benzene rings is 1. The minimum atomic E-state index is -0.323. The van der Waals surface area contributed by atoms with E-state index < -0.39 is 0 Å². The minimum absolute atomic E-state index is 0.0290. The summed E-state index contributed by atoms with van der Waals surface area (Å²) < 4.78 is 20.7. The van der Waals surface area contributed by atoms with Gasteiger partial charge in [0, 0.05) is 19.5 Å². The first-order valence-corrected chi connectivity index (χ1v) is 9.32. The van der Waals surface area contributed by atoms with Gasteiger partial charge in [0.1, 0.15) is 17.4 Å². The molecule has 4 rings (SSSR count). The van der Waals surface area contributed by atoms with E-state index in [1.54, 1.807) is 0 Å². The van der Waals surface area contributed by atoms with E-state index in [9.17, 15) is 9.18 Å². The zero-order chi connectivity index (χ0) is 17.9. The Kier molecular flexibility index (Phi) is 4.86. The van der Waals surface area contributed by atoms with Gasteiger partial charge in [-0.25, -0.2) is 4.39 Å². The van der Waals surface area contributed by atoms with Gasteiger partial charge in [-0.15, -0.1) is 10.2 Å². The summed E-state index contributed by atoms with van der Waals surface area (Å²) >= 11 is 0. The molecule has 1 aromatic heterocycles. The monoisotopic (exact) mass is 358 g/mol. The number of rotatable bonds is 4. The molecular formula is C19H23FN4O2. The number of ether oxygens (including phenoxy) is 1. The van der Waals surface area contributed by atoms with Crippen molar-refractivity contribution in [1.29, 1.82) is 0 Å². The first-order valence-electron chi connectivity index (χ1n) is 9.32. The fraction of sp³-hybridized carbons (Fsp3) is 0.526. The number of likely N-dealkylation sites (tertiary alicyclic amines) is 1. The lowest BCUT2D eigenvalue weighted by molar-refractivity contribution is -0.134. The van der Waals surface area contributed by atoms with E-state index in [0.717, 1.165) is 50.3 Å². The number of fused-ring (bicyclic) bond motifs is 1. The molecule has 2 aromatic rings. The molecule has 1 fully saturated rings. The molecule has 0 spiro atoms. The van der Waals surface area contributed by atoms with E-state index in [1.807, 2.05) is 4.90 Å². The van der Waals surface area contributed by atoms with Crippen LogP contribution in [0.4, 0.5) is 4.39 Å². The Morgan fingerprint density at radius 3 is 2.81 bits per heavy atom. The highest BCUT2D eigenvalue weighted by Crippen LogP contribution is 2.32. The SMILES string of the molecule is O=C(COc1ccc(F)cc1)N1CCCC1c1nnc2n1CCCCC2. The highest BCUT2D eigenvalue weighted by atomic mass is 19.1. The van der Waals surface area contributed by atoms with E-state index >= 15 is 0 Å². The lowest BCUT2D eigenvalue weighted by Crippen LogP contribution is -2.35. The van der Waals surface area contributed by atoms with Crippen LogP contribution in [0.2, 0.25) is 0 Å². The zero-order valence-corrected chi connectivity index (χ0v) is 14.7. The number of hydrogen-bond acceptors (Lipinski definition) is 4. The maximum Gasteiger partial charge on any atom is 0.261 e. The van der Waals surface area contributed by atoms with Crippen LogP contribution in [0.5, 0.6) is 5.75 Å². The summed E-state index contributed by atoms with van der Waals surface area (Å²) in [6.45, 7) is 1.59. The predicted molar refractivity (Wildman–Crippen MR) is 93.2 cm³/mol. The fourth-order valence-corrected chi connectivity index (χ4v) is 3.85. The molecule has 0 aliphatic carbocycles. The Balaban J connectivity index is 1.45. The van der Waals surface area contributed by atoms with Gasteiger partial charge < -0.3 is 14.2 Å². The summed E-state index contributed by atoms with van der Waals surface area (Å²) in [5, 5.41) is 8.78. The summed E-state index contributed by atoms with van der Waals surface area (Å²) in [5.74, 6) is 2.05. The molecule has 2 aliphatic heterocycles. The number of halogens is 1.